The SMILES string of the molecule is CC(C)CN1CCC(CS(=O)(=O)N2[C@@H]3CC[C@H]2C[C@@H](NC(=O)c2cc(C4CC4)on2)C3)CC1. The van der Waals surface area contributed by atoms with E-state index in [0.29, 0.717) is 30.4 Å². The smallest absolute Gasteiger partial charge is 0.273 e. The number of likely N-dealkylation sites (tertiary alicyclic amines) is 1. The largest absolute Gasteiger partial charge is 0.360 e. The van der Waals surface area contributed by atoms with Crippen LogP contribution in [0, 0.1) is 11.8 Å². The zero-order valence-electron chi connectivity index (χ0n) is 19.9. The molecule has 8 nitrogen and oxygen atoms in total. The molecule has 5 rings (SSSR count). The summed E-state index contributed by atoms with van der Waals surface area (Å²) in [5.74, 6) is 2.19. The van der Waals surface area contributed by atoms with E-state index in [0.717, 1.165) is 63.9 Å². The molecule has 3 atom stereocenters. The van der Waals surface area contributed by atoms with Crippen LogP contribution in [-0.4, -0.2) is 72.2 Å². The highest BCUT2D eigenvalue weighted by molar-refractivity contribution is 7.89. The highest BCUT2D eigenvalue weighted by Crippen LogP contribution is 2.41. The molecule has 4 fully saturated rings. The Balaban J connectivity index is 1.15. The maximum Gasteiger partial charge on any atom is 0.273 e. The van der Waals surface area contributed by atoms with E-state index in [2.05, 4.69) is 29.2 Å². The number of rotatable bonds is 8. The Kier molecular flexibility index (Phi) is 6.57. The molecule has 1 N–H and O–H groups in total. The maximum absolute atomic E-state index is 13.4. The van der Waals surface area contributed by atoms with Gasteiger partial charge in [0.2, 0.25) is 10.0 Å². The van der Waals surface area contributed by atoms with Crippen LogP contribution in [0.1, 0.15) is 87.4 Å². The summed E-state index contributed by atoms with van der Waals surface area (Å²) in [5.41, 5.74) is 0.336. The Morgan fingerprint density at radius 2 is 1.79 bits per heavy atom. The molecule has 0 spiro atoms. The fraction of sp³-hybridized carbons (Fsp3) is 0.833. The second-order valence-corrected chi connectivity index (χ2v) is 13.1. The van der Waals surface area contributed by atoms with Crippen LogP contribution in [0.3, 0.4) is 0 Å². The molecule has 1 saturated carbocycles. The van der Waals surface area contributed by atoms with Crippen molar-refractivity contribution in [2.45, 2.75) is 89.3 Å². The molecule has 1 amide bonds. The lowest BCUT2D eigenvalue weighted by atomic mass is 9.98. The minimum absolute atomic E-state index is 0.000543. The summed E-state index contributed by atoms with van der Waals surface area (Å²) >= 11 is 0. The molecule has 0 radical (unpaired) electrons. The molecule has 1 aliphatic carbocycles. The number of fused-ring (bicyclic) bond motifs is 2. The van der Waals surface area contributed by atoms with E-state index in [-0.39, 0.29) is 35.7 Å². The van der Waals surface area contributed by atoms with Gasteiger partial charge in [0.25, 0.3) is 5.91 Å². The Hall–Kier alpha value is -1.45. The fourth-order valence-corrected chi connectivity index (χ4v) is 8.55. The lowest BCUT2D eigenvalue weighted by molar-refractivity contribution is 0.0899. The van der Waals surface area contributed by atoms with Crippen molar-refractivity contribution < 1.29 is 17.7 Å². The van der Waals surface area contributed by atoms with Gasteiger partial charge in [-0.25, -0.2) is 8.42 Å². The van der Waals surface area contributed by atoms with E-state index >= 15 is 0 Å². The first-order valence-electron chi connectivity index (χ1n) is 12.8. The average molecular weight is 479 g/mol. The van der Waals surface area contributed by atoms with Gasteiger partial charge in [-0.3, -0.25) is 4.79 Å². The molecule has 9 heteroatoms. The molecule has 0 unspecified atom stereocenters. The summed E-state index contributed by atoms with van der Waals surface area (Å²) in [6.45, 7) is 7.57. The number of carbonyl (C=O) groups is 1. The number of piperidine rings is 2. The first kappa shape index (κ1) is 23.3. The van der Waals surface area contributed by atoms with Gasteiger partial charge in [0.15, 0.2) is 5.69 Å². The van der Waals surface area contributed by atoms with Crippen molar-refractivity contribution in [2.75, 3.05) is 25.4 Å². The molecule has 184 valence electrons. The highest BCUT2D eigenvalue weighted by Gasteiger charge is 2.47. The third-order valence-corrected chi connectivity index (χ3v) is 9.97. The second-order valence-electron chi connectivity index (χ2n) is 11.2. The number of nitrogens with one attached hydrogen (secondary N) is 1. The van der Waals surface area contributed by atoms with Crippen molar-refractivity contribution in [1.29, 1.82) is 0 Å². The molecule has 2 bridgehead atoms. The van der Waals surface area contributed by atoms with Gasteiger partial charge in [-0.05, 0) is 76.3 Å². The standard InChI is InChI=1S/C24H38N4O4S/c1-16(2)14-27-9-7-17(8-10-27)15-33(30,31)28-20-5-6-21(28)12-19(11-20)25-24(29)22-13-23(32-26-22)18-3-4-18/h13,16-21H,3-12,14-15H2,1-2H3,(H,25,29)/t19-,20+,21-. The number of hydrogen-bond acceptors (Lipinski definition) is 6. The van der Waals surface area contributed by atoms with Crippen molar-refractivity contribution >= 4 is 15.9 Å². The molecule has 1 aromatic rings. The number of aromatic nitrogens is 1. The van der Waals surface area contributed by atoms with Gasteiger partial charge in [-0.15, -0.1) is 0 Å². The zero-order valence-corrected chi connectivity index (χ0v) is 20.7. The van der Waals surface area contributed by atoms with Gasteiger partial charge < -0.3 is 14.7 Å². The first-order chi connectivity index (χ1) is 15.8. The van der Waals surface area contributed by atoms with E-state index in [1.807, 2.05) is 4.31 Å². The lowest BCUT2D eigenvalue weighted by Gasteiger charge is -2.39. The van der Waals surface area contributed by atoms with Gasteiger partial charge in [0.1, 0.15) is 5.76 Å². The van der Waals surface area contributed by atoms with Crippen LogP contribution in [0.5, 0.6) is 0 Å². The molecule has 33 heavy (non-hydrogen) atoms. The molecule has 4 aliphatic rings. The Morgan fingerprint density at radius 3 is 2.39 bits per heavy atom. The second kappa shape index (κ2) is 9.30. The summed E-state index contributed by atoms with van der Waals surface area (Å²) in [6, 6.07) is 1.74. The fourth-order valence-electron chi connectivity index (χ4n) is 6.16. The van der Waals surface area contributed by atoms with Gasteiger partial charge in [-0.1, -0.05) is 19.0 Å². The van der Waals surface area contributed by atoms with E-state index in [1.54, 1.807) is 6.07 Å². The predicted octanol–water partition coefficient (Wildman–Crippen LogP) is 2.98. The van der Waals surface area contributed by atoms with Crippen molar-refractivity contribution in [3.05, 3.63) is 17.5 Å². The molecule has 3 aliphatic heterocycles. The average Bonchev–Trinajstić information content (AvgIpc) is 3.40. The van der Waals surface area contributed by atoms with Crippen molar-refractivity contribution in [3.8, 4) is 0 Å². The van der Waals surface area contributed by atoms with Crippen LogP contribution in [-0.2, 0) is 10.0 Å². The normalized spacial score (nSPS) is 29.6. The van der Waals surface area contributed by atoms with E-state index in [1.165, 1.54) is 0 Å². The number of nitrogens with zero attached hydrogens (tertiary/aromatic N) is 3. The maximum atomic E-state index is 13.4. The van der Waals surface area contributed by atoms with Crippen LogP contribution in [0.2, 0.25) is 0 Å². The van der Waals surface area contributed by atoms with E-state index < -0.39 is 10.0 Å². The number of hydrogen-bond donors (Lipinski definition) is 1. The van der Waals surface area contributed by atoms with Gasteiger partial charge >= 0.3 is 0 Å². The lowest BCUT2D eigenvalue weighted by Crippen LogP contribution is -2.53. The third-order valence-electron chi connectivity index (χ3n) is 7.84. The summed E-state index contributed by atoms with van der Waals surface area (Å²) in [7, 11) is -3.29. The molecule has 4 heterocycles. The predicted molar refractivity (Wildman–Crippen MR) is 125 cm³/mol. The molecule has 3 saturated heterocycles. The van der Waals surface area contributed by atoms with Crippen molar-refractivity contribution in [1.82, 2.24) is 19.7 Å². The summed E-state index contributed by atoms with van der Waals surface area (Å²) in [4.78, 5) is 15.1. The van der Waals surface area contributed by atoms with Crippen molar-refractivity contribution in [3.63, 3.8) is 0 Å². The molecule has 0 aromatic carbocycles. The minimum Gasteiger partial charge on any atom is -0.360 e. The quantitative estimate of drug-likeness (QED) is 0.617. The summed E-state index contributed by atoms with van der Waals surface area (Å²) < 4.78 is 33.9. The van der Waals surface area contributed by atoms with Gasteiger partial charge in [-0.2, -0.15) is 4.31 Å². The Labute approximate surface area is 197 Å². The van der Waals surface area contributed by atoms with Crippen LogP contribution in [0.15, 0.2) is 10.6 Å². The summed E-state index contributed by atoms with van der Waals surface area (Å²) in [6.07, 6.45) is 7.27. The van der Waals surface area contributed by atoms with E-state index in [9.17, 15) is 13.2 Å². The molecular weight excluding hydrogens is 440 g/mol. The Morgan fingerprint density at radius 1 is 1.12 bits per heavy atom. The monoisotopic (exact) mass is 478 g/mol. The number of amides is 1. The first-order valence-corrected chi connectivity index (χ1v) is 14.4. The molecular formula is C24H38N4O4S. The van der Waals surface area contributed by atoms with Gasteiger partial charge in [0.05, 0.1) is 5.75 Å². The summed E-state index contributed by atoms with van der Waals surface area (Å²) in [5, 5.41) is 7.03. The molecule has 1 aromatic heterocycles. The van der Waals surface area contributed by atoms with Crippen molar-refractivity contribution in [2.24, 2.45) is 11.8 Å². The zero-order chi connectivity index (χ0) is 23.2. The highest BCUT2D eigenvalue weighted by atomic mass is 32.2. The van der Waals surface area contributed by atoms with Crippen LogP contribution < -0.4 is 5.32 Å². The number of sulfonamides is 1. The van der Waals surface area contributed by atoms with E-state index in [4.69, 9.17) is 4.52 Å². The van der Waals surface area contributed by atoms with Crippen LogP contribution >= 0.6 is 0 Å². The third kappa shape index (κ3) is 5.30. The minimum atomic E-state index is -3.29. The van der Waals surface area contributed by atoms with Crippen LogP contribution in [0.4, 0.5) is 0 Å². The van der Waals surface area contributed by atoms with Crippen LogP contribution in [0.25, 0.3) is 0 Å². The van der Waals surface area contributed by atoms with Gasteiger partial charge in [0, 0.05) is 36.7 Å². The number of carbonyl (C=O) groups excluding carboxylic acids is 1. The Bertz CT molecular complexity index is 935. The topological polar surface area (TPSA) is 95.8 Å².